The predicted octanol–water partition coefficient (Wildman–Crippen LogP) is 3.52. The number of hydrogen-bond donors (Lipinski definition) is 2. The van der Waals surface area contributed by atoms with Crippen LogP contribution in [0.15, 0.2) is 53.4 Å². The smallest absolute Gasteiger partial charge is 0.387 e. The van der Waals surface area contributed by atoms with Crippen molar-refractivity contribution in [1.29, 1.82) is 0 Å². The Hall–Kier alpha value is -2.65. The van der Waals surface area contributed by atoms with E-state index in [1.807, 2.05) is 30.5 Å². The van der Waals surface area contributed by atoms with Crippen LogP contribution in [0.5, 0.6) is 5.75 Å². The zero-order valence-electron chi connectivity index (χ0n) is 15.4. The lowest BCUT2D eigenvalue weighted by Gasteiger charge is -2.17. The number of carbonyl (C=O) groups excluding carboxylic acids is 2. The van der Waals surface area contributed by atoms with Gasteiger partial charge in [-0.15, -0.1) is 11.8 Å². The number of amides is 2. The van der Waals surface area contributed by atoms with Crippen molar-refractivity contribution in [3.63, 3.8) is 0 Å². The molecule has 0 fully saturated rings. The Bertz CT molecular complexity index is 803. The van der Waals surface area contributed by atoms with Crippen molar-refractivity contribution in [2.75, 3.05) is 37.0 Å². The molecule has 0 aliphatic heterocycles. The minimum atomic E-state index is -2.90. The molecule has 150 valence electrons. The Morgan fingerprint density at radius 3 is 2.25 bits per heavy atom. The number of nitrogens with one attached hydrogen (secondary N) is 2. The van der Waals surface area contributed by atoms with Crippen molar-refractivity contribution in [1.82, 2.24) is 4.90 Å². The molecule has 0 aromatic heterocycles. The molecule has 2 rings (SSSR count). The Morgan fingerprint density at radius 1 is 1.04 bits per heavy atom. The first-order chi connectivity index (χ1) is 13.4. The number of alkyl halides is 2. The SMILES string of the molecule is CSc1ccccc1NC(=O)CN(C)CC(=O)Nc1ccc(OC(F)F)cc1. The molecule has 0 bridgehead atoms. The number of likely N-dealkylation sites (N-methyl/N-ethyl adjacent to an activating group) is 1. The summed E-state index contributed by atoms with van der Waals surface area (Å²) in [5, 5.41) is 5.46. The third kappa shape index (κ3) is 7.16. The minimum Gasteiger partial charge on any atom is -0.435 e. The number of anilines is 2. The maximum atomic E-state index is 12.2. The fourth-order valence-corrected chi connectivity index (χ4v) is 2.96. The van der Waals surface area contributed by atoms with Gasteiger partial charge < -0.3 is 15.4 Å². The van der Waals surface area contributed by atoms with Gasteiger partial charge in [0, 0.05) is 10.6 Å². The fraction of sp³-hybridized carbons (Fsp3) is 0.263. The number of nitrogens with zero attached hydrogens (tertiary/aromatic N) is 1. The zero-order valence-corrected chi connectivity index (χ0v) is 16.3. The number of thioether (sulfide) groups is 1. The average molecular weight is 409 g/mol. The van der Waals surface area contributed by atoms with Gasteiger partial charge in [-0.3, -0.25) is 14.5 Å². The zero-order chi connectivity index (χ0) is 20.5. The molecule has 0 aliphatic carbocycles. The van der Waals surface area contributed by atoms with Gasteiger partial charge in [-0.05, 0) is 49.7 Å². The maximum Gasteiger partial charge on any atom is 0.387 e. The van der Waals surface area contributed by atoms with E-state index in [1.165, 1.54) is 36.0 Å². The van der Waals surface area contributed by atoms with E-state index < -0.39 is 6.61 Å². The summed E-state index contributed by atoms with van der Waals surface area (Å²) in [7, 11) is 1.65. The van der Waals surface area contributed by atoms with Gasteiger partial charge >= 0.3 is 6.61 Å². The van der Waals surface area contributed by atoms with E-state index in [4.69, 9.17) is 0 Å². The Morgan fingerprint density at radius 2 is 1.64 bits per heavy atom. The number of halogens is 2. The van der Waals surface area contributed by atoms with E-state index in [0.717, 1.165) is 10.6 Å². The molecule has 0 spiro atoms. The largest absolute Gasteiger partial charge is 0.435 e. The van der Waals surface area contributed by atoms with Crippen molar-refractivity contribution < 1.29 is 23.1 Å². The molecule has 0 atom stereocenters. The first-order valence-corrected chi connectivity index (χ1v) is 9.56. The van der Waals surface area contributed by atoms with Crippen LogP contribution in [-0.2, 0) is 9.59 Å². The monoisotopic (exact) mass is 409 g/mol. The van der Waals surface area contributed by atoms with Gasteiger partial charge in [0.25, 0.3) is 0 Å². The van der Waals surface area contributed by atoms with E-state index >= 15 is 0 Å². The molecule has 6 nitrogen and oxygen atoms in total. The van der Waals surface area contributed by atoms with Crippen LogP contribution in [0, 0.1) is 0 Å². The predicted molar refractivity (Wildman–Crippen MR) is 106 cm³/mol. The Balaban J connectivity index is 1.81. The summed E-state index contributed by atoms with van der Waals surface area (Å²) in [6.07, 6.45) is 1.92. The molecule has 28 heavy (non-hydrogen) atoms. The quantitative estimate of drug-likeness (QED) is 0.620. The van der Waals surface area contributed by atoms with Gasteiger partial charge in [0.15, 0.2) is 0 Å². The Labute approximate surface area is 166 Å². The molecule has 2 aromatic rings. The van der Waals surface area contributed by atoms with Crippen molar-refractivity contribution in [3.05, 3.63) is 48.5 Å². The summed E-state index contributed by atoms with van der Waals surface area (Å²) < 4.78 is 28.5. The van der Waals surface area contributed by atoms with Crippen LogP contribution < -0.4 is 15.4 Å². The van der Waals surface area contributed by atoms with Crippen LogP contribution in [0.4, 0.5) is 20.2 Å². The van der Waals surface area contributed by atoms with E-state index in [-0.39, 0.29) is 30.7 Å². The van der Waals surface area contributed by atoms with Gasteiger partial charge in [0.2, 0.25) is 11.8 Å². The molecule has 9 heteroatoms. The van der Waals surface area contributed by atoms with E-state index in [1.54, 1.807) is 11.9 Å². The lowest BCUT2D eigenvalue weighted by atomic mass is 10.3. The van der Waals surface area contributed by atoms with Crippen LogP contribution in [0.2, 0.25) is 0 Å². The summed E-state index contributed by atoms with van der Waals surface area (Å²) in [6.45, 7) is -2.87. The molecule has 0 unspecified atom stereocenters. The minimum absolute atomic E-state index is 0.00677. The third-order valence-electron chi connectivity index (χ3n) is 3.57. The van der Waals surface area contributed by atoms with E-state index in [9.17, 15) is 18.4 Å². The van der Waals surface area contributed by atoms with Crippen LogP contribution in [0.3, 0.4) is 0 Å². The van der Waals surface area contributed by atoms with Crippen LogP contribution in [0.25, 0.3) is 0 Å². The lowest BCUT2D eigenvalue weighted by molar-refractivity contribution is -0.119. The van der Waals surface area contributed by atoms with Crippen LogP contribution in [0.1, 0.15) is 0 Å². The number of carbonyl (C=O) groups is 2. The molecule has 2 amide bonds. The van der Waals surface area contributed by atoms with Crippen LogP contribution >= 0.6 is 11.8 Å². The fourth-order valence-electron chi connectivity index (χ4n) is 2.40. The van der Waals surface area contributed by atoms with Gasteiger partial charge in [-0.2, -0.15) is 8.78 Å². The standard InChI is InChI=1S/C19H21F2N3O3S/c1-24(12-18(26)23-15-5-3-4-6-16(15)28-2)11-17(25)22-13-7-9-14(10-8-13)27-19(20)21/h3-10,19H,11-12H2,1-2H3,(H,22,25)(H,23,26). The summed E-state index contributed by atoms with van der Waals surface area (Å²) in [6, 6.07) is 13.1. The van der Waals surface area contributed by atoms with Crippen molar-refractivity contribution in [2.45, 2.75) is 11.5 Å². The van der Waals surface area contributed by atoms with Crippen molar-refractivity contribution in [2.24, 2.45) is 0 Å². The highest BCUT2D eigenvalue weighted by Crippen LogP contribution is 2.24. The normalized spacial score (nSPS) is 10.8. The molecule has 0 aliphatic rings. The Kier molecular flexibility index (Phi) is 8.21. The van der Waals surface area contributed by atoms with E-state index in [2.05, 4.69) is 15.4 Å². The second-order valence-electron chi connectivity index (χ2n) is 5.87. The molecule has 2 aromatic carbocycles. The molecule has 0 heterocycles. The summed E-state index contributed by atoms with van der Waals surface area (Å²) in [5.74, 6) is -0.556. The number of rotatable bonds is 9. The lowest BCUT2D eigenvalue weighted by Crippen LogP contribution is -2.36. The topological polar surface area (TPSA) is 70.7 Å². The summed E-state index contributed by atoms with van der Waals surface area (Å²) >= 11 is 1.53. The average Bonchev–Trinajstić information content (AvgIpc) is 2.63. The molecular weight excluding hydrogens is 388 g/mol. The third-order valence-corrected chi connectivity index (χ3v) is 4.37. The highest BCUT2D eigenvalue weighted by Gasteiger charge is 2.13. The van der Waals surface area contributed by atoms with E-state index in [0.29, 0.717) is 5.69 Å². The summed E-state index contributed by atoms with van der Waals surface area (Å²) in [4.78, 5) is 26.8. The molecular formula is C19H21F2N3O3S. The number of benzene rings is 2. The number of hydrogen-bond acceptors (Lipinski definition) is 5. The number of ether oxygens (including phenoxy) is 1. The number of para-hydroxylation sites is 1. The first kappa shape index (κ1) is 21.6. The second kappa shape index (κ2) is 10.6. The van der Waals surface area contributed by atoms with Gasteiger partial charge in [0.05, 0.1) is 18.8 Å². The van der Waals surface area contributed by atoms with Gasteiger partial charge in [-0.1, -0.05) is 12.1 Å². The second-order valence-corrected chi connectivity index (χ2v) is 6.72. The highest BCUT2D eigenvalue weighted by atomic mass is 32.2. The maximum absolute atomic E-state index is 12.2. The van der Waals surface area contributed by atoms with Crippen LogP contribution in [-0.4, -0.2) is 49.7 Å². The first-order valence-electron chi connectivity index (χ1n) is 8.33. The van der Waals surface area contributed by atoms with Gasteiger partial charge in [0.1, 0.15) is 5.75 Å². The van der Waals surface area contributed by atoms with Crippen molar-refractivity contribution in [3.8, 4) is 5.75 Å². The molecule has 0 saturated heterocycles. The summed E-state index contributed by atoms with van der Waals surface area (Å²) in [5.41, 5.74) is 1.17. The molecule has 0 radical (unpaired) electrons. The van der Waals surface area contributed by atoms with Crippen molar-refractivity contribution >= 4 is 35.0 Å². The highest BCUT2D eigenvalue weighted by molar-refractivity contribution is 7.98. The van der Waals surface area contributed by atoms with Gasteiger partial charge in [-0.25, -0.2) is 0 Å². The molecule has 2 N–H and O–H groups in total. The molecule has 0 saturated carbocycles.